The maximum atomic E-state index is 14.9. The Morgan fingerprint density at radius 3 is 2.37 bits per heavy atom. The number of halogens is 3. The molecule has 3 fully saturated rings. The number of hydrogen-bond acceptors (Lipinski definition) is 4. The molecule has 0 radical (unpaired) electrons. The fourth-order valence-electron chi connectivity index (χ4n) is 5.47. The van der Waals surface area contributed by atoms with E-state index in [1.54, 1.807) is 11.9 Å². The third-order valence-electron chi connectivity index (χ3n) is 7.88. The van der Waals surface area contributed by atoms with Crippen molar-refractivity contribution in [3.8, 4) is 6.07 Å². The summed E-state index contributed by atoms with van der Waals surface area (Å²) in [6.45, 7) is 0.364. The SMILES string of the molecule is CN(C(=O)C1CC2(C1)C(=O)N(c1ccc(C#N)cc1F)CC(=O)N2Cc1ccc(C(C)(F)F)cc1)C1CC1. The smallest absolute Gasteiger partial charge is 0.270 e. The molecule has 5 rings (SSSR count). The number of carbonyl (C=O) groups excluding carboxylic acids is 3. The molecule has 1 aliphatic heterocycles. The van der Waals surface area contributed by atoms with Crippen molar-refractivity contribution in [2.24, 2.45) is 5.92 Å². The number of alkyl halides is 2. The molecule has 3 amide bonds. The summed E-state index contributed by atoms with van der Waals surface area (Å²) in [4.78, 5) is 44.6. The lowest BCUT2D eigenvalue weighted by Crippen LogP contribution is -2.73. The highest BCUT2D eigenvalue weighted by Crippen LogP contribution is 2.48. The standard InChI is InChI=1S/C28H27F3N4O3/c1-27(30,31)20-6-3-17(4-7-20)15-35-24(36)16-34(23-10-5-18(14-32)11-22(23)29)26(38)28(35)12-19(13-28)25(37)33(2)21-8-9-21/h3-7,10-11,19,21H,8-9,12-13,15-16H2,1-2H3. The van der Waals surface area contributed by atoms with E-state index in [0.717, 1.165) is 30.7 Å². The number of carbonyl (C=O) groups is 3. The van der Waals surface area contributed by atoms with Gasteiger partial charge in [-0.3, -0.25) is 19.3 Å². The second-order valence-corrected chi connectivity index (χ2v) is 10.6. The van der Waals surface area contributed by atoms with Gasteiger partial charge in [0.25, 0.3) is 11.8 Å². The van der Waals surface area contributed by atoms with Gasteiger partial charge in [0.05, 0.1) is 17.3 Å². The van der Waals surface area contributed by atoms with Crippen molar-refractivity contribution in [2.45, 2.75) is 56.7 Å². The fraction of sp³-hybridized carbons (Fsp3) is 0.429. The van der Waals surface area contributed by atoms with Crippen LogP contribution in [-0.4, -0.2) is 52.7 Å². The van der Waals surface area contributed by atoms with Crippen molar-refractivity contribution in [2.75, 3.05) is 18.5 Å². The summed E-state index contributed by atoms with van der Waals surface area (Å²) in [7, 11) is 1.74. The number of nitriles is 1. The van der Waals surface area contributed by atoms with E-state index in [9.17, 15) is 27.6 Å². The Kier molecular flexibility index (Phi) is 6.21. The molecule has 1 heterocycles. The zero-order chi connectivity index (χ0) is 27.4. The van der Waals surface area contributed by atoms with Crippen LogP contribution in [0.4, 0.5) is 18.9 Å². The van der Waals surface area contributed by atoms with Gasteiger partial charge in [0.15, 0.2) is 0 Å². The highest BCUT2D eigenvalue weighted by atomic mass is 19.3. The number of rotatable bonds is 6. The largest absolute Gasteiger partial charge is 0.343 e. The minimum Gasteiger partial charge on any atom is -0.343 e. The Bertz CT molecular complexity index is 1340. The van der Waals surface area contributed by atoms with E-state index in [4.69, 9.17) is 5.26 Å². The van der Waals surface area contributed by atoms with E-state index >= 15 is 0 Å². The maximum absolute atomic E-state index is 14.9. The minimum atomic E-state index is -3.02. The highest BCUT2D eigenvalue weighted by molar-refractivity contribution is 6.10. The summed E-state index contributed by atoms with van der Waals surface area (Å²) in [5.74, 6) is -5.32. The first-order valence-electron chi connectivity index (χ1n) is 12.5. The molecule has 38 heavy (non-hydrogen) atoms. The molecule has 1 saturated heterocycles. The van der Waals surface area contributed by atoms with Crippen LogP contribution < -0.4 is 4.90 Å². The topological polar surface area (TPSA) is 84.7 Å². The normalized spacial score (nSPS) is 23.3. The molecule has 7 nitrogen and oxygen atoms in total. The van der Waals surface area contributed by atoms with Gasteiger partial charge in [-0.2, -0.15) is 5.26 Å². The second kappa shape index (κ2) is 9.15. The highest BCUT2D eigenvalue weighted by Gasteiger charge is 2.62. The lowest BCUT2D eigenvalue weighted by molar-refractivity contribution is -0.167. The van der Waals surface area contributed by atoms with E-state index in [1.165, 1.54) is 41.3 Å². The van der Waals surface area contributed by atoms with E-state index in [0.29, 0.717) is 5.56 Å². The zero-order valence-electron chi connectivity index (χ0n) is 21.1. The summed E-state index contributed by atoms with van der Waals surface area (Å²) in [5, 5.41) is 9.06. The van der Waals surface area contributed by atoms with Crippen molar-refractivity contribution in [1.82, 2.24) is 9.80 Å². The summed E-state index contributed by atoms with van der Waals surface area (Å²) in [5.41, 5.74) is -1.01. The first-order valence-corrected chi connectivity index (χ1v) is 12.5. The van der Waals surface area contributed by atoms with Crippen LogP contribution >= 0.6 is 0 Å². The van der Waals surface area contributed by atoms with Gasteiger partial charge in [-0.25, -0.2) is 13.2 Å². The average Bonchev–Trinajstić information content (AvgIpc) is 3.70. The average molecular weight is 525 g/mol. The molecular formula is C28H27F3N4O3. The molecular weight excluding hydrogens is 497 g/mol. The van der Waals surface area contributed by atoms with Gasteiger partial charge in [0, 0.05) is 38.0 Å². The molecule has 0 unspecified atom stereocenters. The molecule has 0 bridgehead atoms. The monoisotopic (exact) mass is 524 g/mol. The van der Waals surface area contributed by atoms with Crippen LogP contribution in [0.25, 0.3) is 0 Å². The maximum Gasteiger partial charge on any atom is 0.270 e. The molecule has 3 aliphatic rings. The molecule has 198 valence electrons. The van der Waals surface area contributed by atoms with Crippen LogP contribution in [0, 0.1) is 23.1 Å². The first-order chi connectivity index (χ1) is 17.9. The Morgan fingerprint density at radius 2 is 1.82 bits per heavy atom. The quantitative estimate of drug-likeness (QED) is 0.573. The second-order valence-electron chi connectivity index (χ2n) is 10.6. The molecule has 10 heteroatoms. The number of hydrogen-bond donors (Lipinski definition) is 0. The number of benzene rings is 2. The molecule has 1 spiro atoms. The number of piperazine rings is 1. The van der Waals surface area contributed by atoms with Crippen molar-refractivity contribution >= 4 is 23.4 Å². The van der Waals surface area contributed by atoms with Gasteiger partial charge in [0.2, 0.25) is 11.8 Å². The summed E-state index contributed by atoms with van der Waals surface area (Å²) in [6, 6.07) is 11.3. The fourth-order valence-corrected chi connectivity index (χ4v) is 5.47. The number of nitrogens with zero attached hydrogens (tertiary/aromatic N) is 4. The van der Waals surface area contributed by atoms with Gasteiger partial charge in [0.1, 0.15) is 17.9 Å². The first kappa shape index (κ1) is 25.8. The number of amides is 3. The lowest BCUT2D eigenvalue weighted by atomic mass is 9.64. The Hall–Kier alpha value is -3.87. The molecule has 0 atom stereocenters. The van der Waals surface area contributed by atoms with Gasteiger partial charge < -0.3 is 9.80 Å². The predicted molar refractivity (Wildman–Crippen MR) is 131 cm³/mol. The minimum absolute atomic E-state index is 0.0107. The van der Waals surface area contributed by atoms with Crippen LogP contribution in [0.5, 0.6) is 0 Å². The van der Waals surface area contributed by atoms with Crippen LogP contribution in [0.2, 0.25) is 0 Å². The van der Waals surface area contributed by atoms with Gasteiger partial charge in [-0.05, 0) is 49.4 Å². The molecule has 2 aromatic rings. The Morgan fingerprint density at radius 1 is 1.16 bits per heavy atom. The van der Waals surface area contributed by atoms with Crippen molar-refractivity contribution < 1.29 is 27.6 Å². The van der Waals surface area contributed by atoms with Crippen molar-refractivity contribution in [3.05, 3.63) is 65.0 Å². The van der Waals surface area contributed by atoms with Gasteiger partial charge in [-0.1, -0.05) is 24.3 Å². The summed E-state index contributed by atoms with van der Waals surface area (Å²) >= 11 is 0. The predicted octanol–water partition coefficient (Wildman–Crippen LogP) is 3.95. The molecule has 2 saturated carbocycles. The third-order valence-corrected chi connectivity index (χ3v) is 7.88. The van der Waals surface area contributed by atoms with E-state index < -0.39 is 41.6 Å². The summed E-state index contributed by atoms with van der Waals surface area (Å²) < 4.78 is 42.2. The van der Waals surface area contributed by atoms with Crippen LogP contribution in [0.15, 0.2) is 42.5 Å². The van der Waals surface area contributed by atoms with Crippen molar-refractivity contribution in [3.63, 3.8) is 0 Å². The Balaban J connectivity index is 1.46. The van der Waals surface area contributed by atoms with Crippen molar-refractivity contribution in [1.29, 1.82) is 5.26 Å². The number of anilines is 1. The lowest BCUT2D eigenvalue weighted by Gasteiger charge is -2.56. The molecule has 2 aliphatic carbocycles. The molecule has 0 N–H and O–H groups in total. The molecule has 2 aromatic carbocycles. The van der Waals surface area contributed by atoms with Gasteiger partial charge in [-0.15, -0.1) is 0 Å². The van der Waals surface area contributed by atoms with E-state index in [1.807, 2.05) is 6.07 Å². The zero-order valence-corrected chi connectivity index (χ0v) is 21.1. The third kappa shape index (κ3) is 4.40. The van der Waals surface area contributed by atoms with Gasteiger partial charge >= 0.3 is 0 Å². The van der Waals surface area contributed by atoms with E-state index in [-0.39, 0.29) is 48.1 Å². The van der Waals surface area contributed by atoms with E-state index in [2.05, 4.69) is 0 Å². The van der Waals surface area contributed by atoms with Crippen LogP contribution in [0.1, 0.15) is 49.3 Å². The summed E-state index contributed by atoms with van der Waals surface area (Å²) in [6.07, 6.45) is 2.05. The van der Waals surface area contributed by atoms with Crippen LogP contribution in [-0.2, 0) is 26.9 Å². The van der Waals surface area contributed by atoms with Crippen LogP contribution in [0.3, 0.4) is 0 Å². The Labute approximate surface area is 218 Å². The molecule has 0 aromatic heterocycles.